The van der Waals surface area contributed by atoms with Crippen LogP contribution < -0.4 is 0 Å². The summed E-state index contributed by atoms with van der Waals surface area (Å²) in [5, 5.41) is 0. The molecule has 1 aliphatic heterocycles. The van der Waals surface area contributed by atoms with Gasteiger partial charge in [0, 0.05) is 17.6 Å². The predicted molar refractivity (Wildman–Crippen MR) is 82.9 cm³/mol. The van der Waals surface area contributed by atoms with E-state index in [2.05, 4.69) is 15.9 Å². The first-order valence-corrected chi connectivity index (χ1v) is 7.59. The molecule has 21 heavy (non-hydrogen) atoms. The normalized spacial score (nSPS) is 15.5. The van der Waals surface area contributed by atoms with Crippen molar-refractivity contribution >= 4 is 28.1 Å². The van der Waals surface area contributed by atoms with Gasteiger partial charge in [-0.15, -0.1) is 0 Å². The van der Waals surface area contributed by atoms with Crippen molar-refractivity contribution in [2.75, 3.05) is 13.1 Å². The molecule has 114 valence electrons. The first-order valence-electron chi connectivity index (χ1n) is 6.80. The third-order valence-corrected chi connectivity index (χ3v) is 3.52. The van der Waals surface area contributed by atoms with E-state index in [0.717, 1.165) is 14.9 Å². The van der Waals surface area contributed by atoms with Crippen LogP contribution in [-0.4, -0.2) is 40.6 Å². The Morgan fingerprint density at radius 1 is 1.24 bits per heavy atom. The number of urea groups is 1. The van der Waals surface area contributed by atoms with Gasteiger partial charge < -0.3 is 9.64 Å². The number of nitrogens with zero attached hydrogens (tertiary/aromatic N) is 2. The van der Waals surface area contributed by atoms with Crippen LogP contribution in [0.5, 0.6) is 0 Å². The van der Waals surface area contributed by atoms with E-state index in [9.17, 15) is 9.59 Å². The number of hydrogen-bond acceptors (Lipinski definition) is 3. The Morgan fingerprint density at radius 2 is 1.86 bits per heavy atom. The van der Waals surface area contributed by atoms with E-state index < -0.39 is 11.7 Å². The highest BCUT2D eigenvalue weighted by molar-refractivity contribution is 9.10. The third kappa shape index (κ3) is 4.20. The number of carbonyl (C=O) groups is 2. The van der Waals surface area contributed by atoms with Gasteiger partial charge in [0.1, 0.15) is 5.60 Å². The number of carbonyl (C=O) groups excluding carboxylic acids is 2. The Bertz CT molecular complexity index is 537. The fourth-order valence-electron chi connectivity index (χ4n) is 2.03. The van der Waals surface area contributed by atoms with Crippen molar-refractivity contribution in [3.63, 3.8) is 0 Å². The van der Waals surface area contributed by atoms with Gasteiger partial charge in [-0.05, 0) is 38.5 Å². The van der Waals surface area contributed by atoms with Crippen molar-refractivity contribution in [2.45, 2.75) is 32.9 Å². The monoisotopic (exact) mass is 354 g/mol. The second kappa shape index (κ2) is 6.05. The summed E-state index contributed by atoms with van der Waals surface area (Å²) in [6.07, 6.45) is -0.578. The van der Waals surface area contributed by atoms with E-state index in [1.165, 1.54) is 0 Å². The Morgan fingerprint density at radius 3 is 2.43 bits per heavy atom. The van der Waals surface area contributed by atoms with Gasteiger partial charge in [-0.25, -0.2) is 14.5 Å². The van der Waals surface area contributed by atoms with Crippen LogP contribution in [0.3, 0.4) is 0 Å². The van der Waals surface area contributed by atoms with Crippen LogP contribution >= 0.6 is 15.9 Å². The van der Waals surface area contributed by atoms with Crippen LogP contribution in [0, 0.1) is 0 Å². The number of benzene rings is 1. The molecular formula is C15H19BrN2O3. The van der Waals surface area contributed by atoms with Crippen molar-refractivity contribution in [2.24, 2.45) is 0 Å². The number of hydrogen-bond donors (Lipinski definition) is 0. The highest BCUT2D eigenvalue weighted by Crippen LogP contribution is 2.18. The smallest absolute Gasteiger partial charge is 0.418 e. The maximum absolute atomic E-state index is 12.2. The van der Waals surface area contributed by atoms with Gasteiger partial charge in [-0.1, -0.05) is 28.1 Å². The van der Waals surface area contributed by atoms with Crippen LogP contribution in [0.4, 0.5) is 9.59 Å². The number of amides is 3. The minimum absolute atomic E-state index is 0.299. The standard InChI is InChI=1S/C15H19BrN2O3/c1-15(2,3)21-14(20)18-9-8-17(13(18)19)10-11-4-6-12(16)7-5-11/h4-7H,8-10H2,1-3H3. The highest BCUT2D eigenvalue weighted by atomic mass is 79.9. The molecule has 0 spiro atoms. The molecule has 0 N–H and O–H groups in total. The van der Waals surface area contributed by atoms with E-state index >= 15 is 0 Å². The number of halogens is 1. The van der Waals surface area contributed by atoms with Crippen molar-refractivity contribution in [1.29, 1.82) is 0 Å². The molecule has 3 amide bonds. The molecule has 1 heterocycles. The van der Waals surface area contributed by atoms with Gasteiger partial charge >= 0.3 is 12.1 Å². The van der Waals surface area contributed by atoms with Crippen molar-refractivity contribution < 1.29 is 14.3 Å². The lowest BCUT2D eigenvalue weighted by Gasteiger charge is -2.23. The lowest BCUT2D eigenvalue weighted by atomic mass is 10.2. The molecule has 1 fully saturated rings. The van der Waals surface area contributed by atoms with Crippen LogP contribution in [0.15, 0.2) is 28.7 Å². The van der Waals surface area contributed by atoms with Gasteiger partial charge in [0.2, 0.25) is 0 Å². The van der Waals surface area contributed by atoms with E-state index in [1.807, 2.05) is 24.3 Å². The molecule has 5 nitrogen and oxygen atoms in total. The summed E-state index contributed by atoms with van der Waals surface area (Å²) >= 11 is 3.38. The molecular weight excluding hydrogens is 336 g/mol. The second-order valence-electron chi connectivity index (χ2n) is 5.96. The lowest BCUT2D eigenvalue weighted by molar-refractivity contribution is 0.0347. The van der Waals surface area contributed by atoms with Gasteiger partial charge in [0.25, 0.3) is 0 Å². The first-order chi connectivity index (χ1) is 9.76. The quantitative estimate of drug-likeness (QED) is 0.814. The lowest BCUT2D eigenvalue weighted by Crippen LogP contribution is -2.39. The largest absolute Gasteiger partial charge is 0.443 e. The molecule has 0 saturated carbocycles. The second-order valence-corrected chi connectivity index (χ2v) is 6.88. The summed E-state index contributed by atoms with van der Waals surface area (Å²) in [5.41, 5.74) is 0.425. The molecule has 0 bridgehead atoms. The van der Waals surface area contributed by atoms with E-state index in [4.69, 9.17) is 4.74 Å². The summed E-state index contributed by atoms with van der Waals surface area (Å²) in [6.45, 7) is 6.73. The minimum atomic E-state index is -0.601. The number of ether oxygens (including phenoxy) is 1. The van der Waals surface area contributed by atoms with Gasteiger partial charge in [-0.3, -0.25) is 0 Å². The zero-order valence-electron chi connectivity index (χ0n) is 12.4. The van der Waals surface area contributed by atoms with Gasteiger partial charge in [0.15, 0.2) is 0 Å². The molecule has 0 aliphatic carbocycles. The topological polar surface area (TPSA) is 49.9 Å². The summed E-state index contributed by atoms with van der Waals surface area (Å²) < 4.78 is 6.23. The third-order valence-electron chi connectivity index (χ3n) is 3.00. The Labute approximate surface area is 133 Å². The minimum Gasteiger partial charge on any atom is -0.443 e. The Kier molecular flexibility index (Phi) is 4.56. The maximum atomic E-state index is 12.2. The summed E-state index contributed by atoms with van der Waals surface area (Å²) in [4.78, 5) is 27.0. The maximum Gasteiger partial charge on any atom is 0.418 e. The summed E-state index contributed by atoms with van der Waals surface area (Å²) in [6, 6.07) is 7.47. The molecule has 1 aromatic rings. The van der Waals surface area contributed by atoms with Gasteiger partial charge in [-0.2, -0.15) is 0 Å². The van der Waals surface area contributed by atoms with Crippen molar-refractivity contribution in [3.8, 4) is 0 Å². The van der Waals surface area contributed by atoms with E-state index in [1.54, 1.807) is 25.7 Å². The van der Waals surface area contributed by atoms with Crippen LogP contribution in [-0.2, 0) is 11.3 Å². The Hall–Kier alpha value is -1.56. The number of rotatable bonds is 2. The molecule has 0 radical (unpaired) electrons. The molecule has 1 aliphatic rings. The molecule has 0 unspecified atom stereocenters. The van der Waals surface area contributed by atoms with Gasteiger partial charge in [0.05, 0.1) is 6.54 Å². The van der Waals surface area contributed by atoms with Crippen LogP contribution in [0.25, 0.3) is 0 Å². The molecule has 1 aromatic carbocycles. The van der Waals surface area contributed by atoms with E-state index in [0.29, 0.717) is 19.6 Å². The fraction of sp³-hybridized carbons (Fsp3) is 0.467. The highest BCUT2D eigenvalue weighted by Gasteiger charge is 2.35. The molecule has 6 heteroatoms. The predicted octanol–water partition coefficient (Wildman–Crippen LogP) is 3.62. The van der Waals surface area contributed by atoms with Crippen LogP contribution in [0.1, 0.15) is 26.3 Å². The van der Waals surface area contributed by atoms with Crippen LogP contribution in [0.2, 0.25) is 0 Å². The first kappa shape index (κ1) is 15.8. The summed E-state index contributed by atoms with van der Waals surface area (Å²) in [5.74, 6) is 0. The molecule has 2 rings (SSSR count). The SMILES string of the molecule is CC(C)(C)OC(=O)N1CCN(Cc2ccc(Br)cc2)C1=O. The molecule has 1 saturated heterocycles. The molecule has 0 aromatic heterocycles. The average Bonchev–Trinajstić information content (AvgIpc) is 2.72. The zero-order chi connectivity index (χ0) is 15.6. The summed E-state index contributed by atoms with van der Waals surface area (Å²) in [7, 11) is 0. The van der Waals surface area contributed by atoms with Crippen molar-refractivity contribution in [3.05, 3.63) is 34.3 Å². The molecule has 0 atom stereocenters. The van der Waals surface area contributed by atoms with Crippen molar-refractivity contribution in [1.82, 2.24) is 9.80 Å². The number of imide groups is 1. The fourth-order valence-corrected chi connectivity index (χ4v) is 2.29. The average molecular weight is 355 g/mol. The van der Waals surface area contributed by atoms with E-state index in [-0.39, 0.29) is 6.03 Å². The Balaban J connectivity index is 1.98. The zero-order valence-corrected chi connectivity index (χ0v) is 14.0.